The van der Waals surface area contributed by atoms with Crippen LogP contribution in [-0.4, -0.2) is 51.9 Å². The molecule has 0 aliphatic heterocycles. The maximum absolute atomic E-state index is 12.4. The first-order chi connectivity index (χ1) is 26.1. The Balaban J connectivity index is 1.34. The highest BCUT2D eigenvalue weighted by Crippen LogP contribution is 2.36. The van der Waals surface area contributed by atoms with Crippen LogP contribution < -0.4 is 11.5 Å². The molecule has 0 bridgehead atoms. The molecule has 0 saturated heterocycles. The fourth-order valence-electron chi connectivity index (χ4n) is 5.46. The highest BCUT2D eigenvalue weighted by atomic mass is 32.2. The monoisotopic (exact) mass is 837 g/mol. The lowest BCUT2D eigenvalue weighted by molar-refractivity contribution is 0.462. The van der Waals surface area contributed by atoms with Gasteiger partial charge in [0.15, 0.2) is 0 Å². The quantitative estimate of drug-likeness (QED) is 0.0410. The minimum Gasteiger partial charge on any atom is -0.744 e. The first kappa shape index (κ1) is 39.7. The van der Waals surface area contributed by atoms with Crippen molar-refractivity contribution in [1.82, 2.24) is 0 Å². The molecule has 0 unspecified atom stereocenters. The summed E-state index contributed by atoms with van der Waals surface area (Å²) in [6.45, 7) is 0. The molecule has 0 radical (unpaired) electrons. The molecule has 0 saturated carbocycles. The van der Waals surface area contributed by atoms with Gasteiger partial charge < -0.3 is 16.0 Å². The van der Waals surface area contributed by atoms with Gasteiger partial charge in [0.25, 0.3) is 30.4 Å². The van der Waals surface area contributed by atoms with Crippen LogP contribution >= 0.6 is 0 Å². The lowest BCUT2D eigenvalue weighted by Crippen LogP contribution is -2.01. The third-order valence-electron chi connectivity index (χ3n) is 8.12. The van der Waals surface area contributed by atoms with Crippen LogP contribution in [0, 0.1) is 0 Å². The number of nitrogen functional groups attached to an aromatic ring is 2. The van der Waals surface area contributed by atoms with Crippen molar-refractivity contribution in [1.29, 1.82) is 0 Å². The number of hydrogen-bond acceptors (Lipinski definition) is 15. The molecule has 0 spiro atoms. The van der Waals surface area contributed by atoms with Gasteiger partial charge in [0.05, 0.1) is 32.5 Å². The van der Waals surface area contributed by atoms with Crippen molar-refractivity contribution in [3.8, 4) is 0 Å². The Morgan fingerprint density at radius 3 is 1.27 bits per heavy atom. The summed E-state index contributed by atoms with van der Waals surface area (Å²) in [5.74, 6) is 0. The lowest BCUT2D eigenvalue weighted by Gasteiger charge is -2.10. The van der Waals surface area contributed by atoms with Crippen molar-refractivity contribution < 1.29 is 51.9 Å². The average molecular weight is 838 g/mol. The van der Waals surface area contributed by atoms with E-state index in [0.717, 1.165) is 48.6 Å². The van der Waals surface area contributed by atoms with Crippen molar-refractivity contribution in [2.75, 3.05) is 11.5 Å². The normalized spacial score (nSPS) is 13.1. The zero-order valence-electron chi connectivity index (χ0n) is 28.0. The van der Waals surface area contributed by atoms with Crippen LogP contribution in [0.1, 0.15) is 11.1 Å². The van der Waals surface area contributed by atoms with Gasteiger partial charge in [-0.2, -0.15) is 35.5 Å². The van der Waals surface area contributed by atoms with Crippen LogP contribution in [-0.2, 0) is 40.5 Å². The van der Waals surface area contributed by atoms with Gasteiger partial charge in [0, 0.05) is 32.9 Å². The van der Waals surface area contributed by atoms with Crippen LogP contribution in [0.5, 0.6) is 0 Å². The van der Waals surface area contributed by atoms with Crippen molar-refractivity contribution in [3.63, 3.8) is 0 Å². The summed E-state index contributed by atoms with van der Waals surface area (Å²) in [6.07, 6.45) is 2.28. The fraction of sp³-hybridized carbons (Fsp3) is 0. The molecule has 0 heterocycles. The lowest BCUT2D eigenvalue weighted by atomic mass is 10.1. The number of benzene rings is 6. The first-order valence-corrected chi connectivity index (χ1v) is 21.1. The Labute approximate surface area is 318 Å². The molecule has 6 aromatic carbocycles. The van der Waals surface area contributed by atoms with E-state index in [2.05, 4.69) is 20.5 Å². The summed E-state index contributed by atoms with van der Waals surface area (Å²) in [5, 5.41) is 17.2. The van der Waals surface area contributed by atoms with Crippen LogP contribution in [0.4, 0.5) is 34.1 Å². The molecule has 0 amide bonds. The van der Waals surface area contributed by atoms with E-state index >= 15 is 0 Å². The molecule has 0 atom stereocenters. The summed E-state index contributed by atoms with van der Waals surface area (Å²) in [7, 11) is -19.3. The second kappa shape index (κ2) is 14.6. The predicted molar refractivity (Wildman–Crippen MR) is 204 cm³/mol. The van der Waals surface area contributed by atoms with E-state index in [0.29, 0.717) is 10.8 Å². The van der Waals surface area contributed by atoms with E-state index in [1.165, 1.54) is 60.7 Å². The van der Waals surface area contributed by atoms with Crippen molar-refractivity contribution in [2.45, 2.75) is 19.6 Å². The van der Waals surface area contributed by atoms with Gasteiger partial charge >= 0.3 is 0 Å². The van der Waals surface area contributed by atoms with E-state index in [1.807, 2.05) is 0 Å². The molecule has 6 rings (SSSR count). The topological polar surface area (TPSA) is 322 Å². The highest BCUT2D eigenvalue weighted by molar-refractivity contribution is 7.86. The molecule has 288 valence electrons. The van der Waals surface area contributed by atoms with Crippen LogP contribution in [0.2, 0.25) is 0 Å². The number of nitrogens with two attached hydrogens (primary N) is 2. The molecule has 6 aromatic rings. The van der Waals surface area contributed by atoms with Crippen LogP contribution in [0.25, 0.3) is 33.7 Å². The van der Waals surface area contributed by atoms with E-state index < -0.39 is 60.1 Å². The summed E-state index contributed by atoms with van der Waals surface area (Å²) >= 11 is 0. The summed E-state index contributed by atoms with van der Waals surface area (Å²) in [6, 6.07) is 19.8. The number of fused-ring (bicyclic) bond motifs is 2. The Morgan fingerprint density at radius 1 is 0.464 bits per heavy atom. The van der Waals surface area contributed by atoms with E-state index in [4.69, 9.17) is 11.5 Å². The Hall–Kier alpha value is -5.98. The second-order valence-corrected chi connectivity index (χ2v) is 17.4. The smallest absolute Gasteiger partial charge is 0.295 e. The number of nitrogens with zero attached hydrogens (tertiary/aromatic N) is 4. The minimum atomic E-state index is -4.93. The van der Waals surface area contributed by atoms with Gasteiger partial charge in [-0.05, 0) is 83.9 Å². The largest absolute Gasteiger partial charge is 0.744 e. The fourth-order valence-corrected chi connectivity index (χ4v) is 7.87. The molecule has 18 nitrogen and oxygen atoms in total. The second-order valence-electron chi connectivity index (χ2n) is 11.8. The third-order valence-corrected chi connectivity index (χ3v) is 11.6. The van der Waals surface area contributed by atoms with Crippen molar-refractivity contribution in [2.24, 2.45) is 20.5 Å². The van der Waals surface area contributed by atoms with E-state index in [9.17, 15) is 51.9 Å². The van der Waals surface area contributed by atoms with Gasteiger partial charge in [-0.1, -0.05) is 36.4 Å². The number of rotatable bonds is 10. The highest BCUT2D eigenvalue weighted by Gasteiger charge is 2.19. The maximum atomic E-state index is 12.4. The van der Waals surface area contributed by atoms with Gasteiger partial charge in [0.1, 0.15) is 19.9 Å². The molecule has 0 aromatic heterocycles. The predicted octanol–water partition coefficient (Wildman–Crippen LogP) is 6.80. The molecule has 0 aliphatic rings. The molecular weight excluding hydrogens is 813 g/mol. The standard InChI is InChI=1S/C34H26N6O12S4/c35-29-11-13-31(27-17-23(53(41,42)43)7-9-25(27)29)39-37-21-5-3-19(33(15-21)55(47,48)49)1-2-20-4-6-22(16-34(20)56(50,51)52)38-40-32-14-12-30(36)26-10-8-24(18-28(26)32)54(44,45)46/h1-18H,35-36H2,(H,41,42,43)(H,44,45,46)(H,47,48,49)(H,50,51,52)/p-1/b2-1+,39-37?,40-38?. The minimum absolute atomic E-state index is 0.0749. The van der Waals surface area contributed by atoms with Crippen molar-refractivity contribution in [3.05, 3.63) is 108 Å². The third kappa shape index (κ3) is 8.61. The van der Waals surface area contributed by atoms with Crippen LogP contribution in [0.15, 0.2) is 137 Å². The zero-order valence-corrected chi connectivity index (χ0v) is 31.3. The first-order valence-electron chi connectivity index (χ1n) is 15.4. The van der Waals surface area contributed by atoms with Gasteiger partial charge in [-0.3, -0.25) is 13.7 Å². The molecule has 56 heavy (non-hydrogen) atoms. The van der Waals surface area contributed by atoms with Crippen LogP contribution in [0.3, 0.4) is 0 Å². The molecule has 7 N–H and O–H groups in total. The van der Waals surface area contributed by atoms with Gasteiger partial charge in [-0.15, -0.1) is 10.2 Å². The SMILES string of the molecule is Nc1ccc(N=Nc2ccc(/C=C/c3ccc(N=Nc4ccc(N)c5ccc(S(=O)(=O)O)cc45)cc3S(=O)(=O)O)c(S(=O)(=O)O)c2)c2cc(S(=O)(=O)[O-])ccc12. The Kier molecular flexibility index (Phi) is 10.3. The van der Waals surface area contributed by atoms with Crippen molar-refractivity contribution >= 4 is 108 Å². The van der Waals surface area contributed by atoms with Gasteiger partial charge in [0.2, 0.25) is 0 Å². The Morgan fingerprint density at radius 2 is 0.875 bits per heavy atom. The summed E-state index contributed by atoms with van der Waals surface area (Å²) in [4.78, 5) is -2.31. The molecule has 0 aliphatic carbocycles. The number of anilines is 2. The number of hydrogen-bond donors (Lipinski definition) is 5. The molecular formula is C34H25N6O12S4-. The maximum Gasteiger partial charge on any atom is 0.295 e. The zero-order chi connectivity index (χ0) is 40.8. The van der Waals surface area contributed by atoms with E-state index in [1.54, 1.807) is 0 Å². The molecule has 22 heteroatoms. The van der Waals surface area contributed by atoms with Gasteiger partial charge in [-0.25, -0.2) is 8.42 Å². The molecule has 0 fully saturated rings. The number of azo groups is 2. The summed E-state index contributed by atoms with van der Waals surface area (Å²) < 4.78 is 137. The van der Waals surface area contributed by atoms with E-state index in [-0.39, 0.29) is 56.0 Å². The Bertz CT molecular complexity index is 2960. The average Bonchev–Trinajstić information content (AvgIpc) is 3.12. The summed E-state index contributed by atoms with van der Waals surface area (Å²) in [5.41, 5.74) is 12.2.